The summed E-state index contributed by atoms with van der Waals surface area (Å²) in [7, 11) is -1.12. The van der Waals surface area contributed by atoms with E-state index in [-0.39, 0.29) is 0 Å². The molecule has 2 unspecified atom stereocenters. The molecule has 1 heterocycles. The van der Waals surface area contributed by atoms with Gasteiger partial charge in [0.1, 0.15) is 0 Å². The largest absolute Gasteiger partial charge is 0.371 e. The summed E-state index contributed by atoms with van der Waals surface area (Å²) in [6.45, 7) is 9.44. The average molecular weight is 381 g/mol. The van der Waals surface area contributed by atoms with Crippen molar-refractivity contribution in [1.82, 2.24) is 0 Å². The van der Waals surface area contributed by atoms with Gasteiger partial charge in [0, 0.05) is 0 Å². The highest BCUT2D eigenvalue weighted by atomic mass is 28.3. The summed E-state index contributed by atoms with van der Waals surface area (Å²) in [6, 6.07) is 4.14. The number of hydrogen-bond acceptors (Lipinski definition) is 1. The minimum absolute atomic E-state index is 0.416. The van der Waals surface area contributed by atoms with Gasteiger partial charge in [0.25, 0.3) is 0 Å². The Morgan fingerprint density at radius 1 is 0.731 bits per heavy atom. The Balaban J connectivity index is 2.05. The molecular formula is C24H48OSi. The number of rotatable bonds is 16. The first-order valence-electron chi connectivity index (χ1n) is 12.0. The molecular weight excluding hydrogens is 332 g/mol. The molecule has 0 bridgehead atoms. The first-order valence-corrected chi connectivity index (χ1v) is 14.7. The highest BCUT2D eigenvalue weighted by Crippen LogP contribution is 2.27. The van der Waals surface area contributed by atoms with Crippen LogP contribution in [0.1, 0.15) is 111 Å². The molecule has 1 fully saturated rings. The molecule has 2 atom stereocenters. The SMILES string of the molecule is CCCCCCCCCCCCC1CCC(/C=C/[Si](CC)(CC)CC)O1. The van der Waals surface area contributed by atoms with Crippen molar-refractivity contribution in [2.45, 2.75) is 142 Å². The van der Waals surface area contributed by atoms with E-state index in [9.17, 15) is 0 Å². The average Bonchev–Trinajstić information content (AvgIpc) is 3.13. The highest BCUT2D eigenvalue weighted by molar-refractivity contribution is 6.84. The summed E-state index contributed by atoms with van der Waals surface area (Å²) < 4.78 is 6.31. The third-order valence-electron chi connectivity index (χ3n) is 6.80. The Morgan fingerprint density at radius 3 is 1.81 bits per heavy atom. The summed E-state index contributed by atoms with van der Waals surface area (Å²) >= 11 is 0. The van der Waals surface area contributed by atoms with Crippen LogP contribution in [0, 0.1) is 0 Å². The molecule has 0 radical (unpaired) electrons. The standard InChI is InChI=1S/C24H48OSi/c1-5-9-10-11-12-13-14-15-16-17-18-23-19-20-24(25-23)21-22-26(6-2,7-3)8-4/h21-24H,5-20H2,1-4H3/b22-21+. The molecule has 1 nitrogen and oxygen atoms in total. The van der Waals surface area contributed by atoms with E-state index in [0.29, 0.717) is 12.2 Å². The van der Waals surface area contributed by atoms with E-state index in [0.717, 1.165) is 0 Å². The van der Waals surface area contributed by atoms with Crippen LogP contribution in [-0.4, -0.2) is 20.3 Å². The van der Waals surface area contributed by atoms with Crippen LogP contribution in [0.25, 0.3) is 0 Å². The van der Waals surface area contributed by atoms with Gasteiger partial charge in [-0.1, -0.05) is 122 Å². The van der Waals surface area contributed by atoms with Gasteiger partial charge >= 0.3 is 0 Å². The number of unbranched alkanes of at least 4 members (excludes halogenated alkanes) is 9. The lowest BCUT2D eigenvalue weighted by molar-refractivity contribution is 0.0640. The predicted molar refractivity (Wildman–Crippen MR) is 121 cm³/mol. The molecule has 0 spiro atoms. The van der Waals surface area contributed by atoms with Crippen molar-refractivity contribution in [1.29, 1.82) is 0 Å². The van der Waals surface area contributed by atoms with Gasteiger partial charge in [-0.25, -0.2) is 0 Å². The lowest BCUT2D eigenvalue weighted by Crippen LogP contribution is -2.29. The molecule has 1 aliphatic rings. The fourth-order valence-electron chi connectivity index (χ4n) is 4.36. The maximum atomic E-state index is 6.31. The van der Waals surface area contributed by atoms with Crippen molar-refractivity contribution in [2.75, 3.05) is 0 Å². The highest BCUT2D eigenvalue weighted by Gasteiger charge is 2.26. The van der Waals surface area contributed by atoms with E-state index in [1.807, 2.05) is 0 Å². The fraction of sp³-hybridized carbons (Fsp3) is 0.917. The van der Waals surface area contributed by atoms with Crippen LogP contribution in [0.3, 0.4) is 0 Å². The van der Waals surface area contributed by atoms with Crippen molar-refractivity contribution in [2.24, 2.45) is 0 Å². The smallest absolute Gasteiger partial charge is 0.0767 e. The van der Waals surface area contributed by atoms with Crippen LogP contribution >= 0.6 is 0 Å². The van der Waals surface area contributed by atoms with Gasteiger partial charge in [-0.05, 0) is 19.3 Å². The maximum Gasteiger partial charge on any atom is 0.0767 e. The van der Waals surface area contributed by atoms with Crippen LogP contribution in [0.5, 0.6) is 0 Å². The van der Waals surface area contributed by atoms with Crippen LogP contribution in [0.4, 0.5) is 0 Å². The Morgan fingerprint density at radius 2 is 1.27 bits per heavy atom. The fourth-order valence-corrected chi connectivity index (χ4v) is 7.19. The van der Waals surface area contributed by atoms with Crippen LogP contribution < -0.4 is 0 Å². The Kier molecular flexibility index (Phi) is 13.7. The van der Waals surface area contributed by atoms with Gasteiger partial charge in [-0.2, -0.15) is 0 Å². The normalized spacial score (nSPS) is 21.1. The lowest BCUT2D eigenvalue weighted by atomic mass is 10.0. The van der Waals surface area contributed by atoms with Gasteiger partial charge in [-0.3, -0.25) is 0 Å². The van der Waals surface area contributed by atoms with Gasteiger partial charge in [0.2, 0.25) is 0 Å². The van der Waals surface area contributed by atoms with Crippen molar-refractivity contribution < 1.29 is 4.74 Å². The topological polar surface area (TPSA) is 9.23 Å². The Labute approximate surface area is 166 Å². The number of ether oxygens (including phenoxy) is 1. The quantitative estimate of drug-likeness (QED) is 0.193. The monoisotopic (exact) mass is 380 g/mol. The molecule has 0 aliphatic carbocycles. The zero-order chi connectivity index (χ0) is 19.1. The minimum atomic E-state index is -1.12. The summed E-state index contributed by atoms with van der Waals surface area (Å²) in [5.74, 6) is 0. The van der Waals surface area contributed by atoms with E-state index >= 15 is 0 Å². The van der Waals surface area contributed by atoms with Gasteiger partial charge in [0.15, 0.2) is 0 Å². The Hall–Kier alpha value is -0.0831. The number of hydrogen-bond donors (Lipinski definition) is 0. The predicted octanol–water partition coefficient (Wildman–Crippen LogP) is 8.45. The third-order valence-corrected chi connectivity index (χ3v) is 11.9. The van der Waals surface area contributed by atoms with Crippen molar-refractivity contribution in [3.8, 4) is 0 Å². The molecule has 2 heteroatoms. The van der Waals surface area contributed by atoms with Gasteiger partial charge in [0.05, 0.1) is 20.3 Å². The minimum Gasteiger partial charge on any atom is -0.371 e. The van der Waals surface area contributed by atoms with E-state index < -0.39 is 8.07 Å². The molecule has 1 saturated heterocycles. The molecule has 0 aromatic carbocycles. The van der Waals surface area contributed by atoms with E-state index in [2.05, 4.69) is 39.5 Å². The molecule has 0 amide bonds. The van der Waals surface area contributed by atoms with Crippen molar-refractivity contribution in [3.05, 3.63) is 11.8 Å². The van der Waals surface area contributed by atoms with Crippen molar-refractivity contribution >= 4 is 8.07 Å². The molecule has 0 aromatic heterocycles. The summed E-state index contributed by atoms with van der Waals surface area (Å²) in [4.78, 5) is 0. The van der Waals surface area contributed by atoms with Crippen molar-refractivity contribution in [3.63, 3.8) is 0 Å². The second kappa shape index (κ2) is 14.9. The first kappa shape index (κ1) is 24.0. The van der Waals surface area contributed by atoms with E-state index in [1.54, 1.807) is 0 Å². The summed E-state index contributed by atoms with van der Waals surface area (Å²) in [5.41, 5.74) is 2.61. The third kappa shape index (κ3) is 9.74. The second-order valence-corrected chi connectivity index (χ2v) is 13.8. The second-order valence-electron chi connectivity index (χ2n) is 8.63. The molecule has 1 rings (SSSR count). The molecule has 0 aromatic rings. The lowest BCUT2D eigenvalue weighted by Gasteiger charge is -2.24. The summed E-state index contributed by atoms with van der Waals surface area (Å²) in [6.07, 6.45) is 21.5. The molecule has 0 saturated carbocycles. The zero-order valence-corrected chi connectivity index (χ0v) is 19.5. The van der Waals surface area contributed by atoms with Crippen LogP contribution in [0.15, 0.2) is 11.8 Å². The summed E-state index contributed by atoms with van der Waals surface area (Å²) in [5, 5.41) is 0. The molecule has 1 aliphatic heterocycles. The molecule has 154 valence electrons. The van der Waals surface area contributed by atoms with E-state index in [4.69, 9.17) is 4.74 Å². The van der Waals surface area contributed by atoms with Crippen LogP contribution in [-0.2, 0) is 4.74 Å². The van der Waals surface area contributed by atoms with Gasteiger partial charge < -0.3 is 4.74 Å². The maximum absolute atomic E-state index is 6.31. The molecule has 0 N–H and O–H groups in total. The van der Waals surface area contributed by atoms with Gasteiger partial charge in [-0.15, -0.1) is 0 Å². The van der Waals surface area contributed by atoms with Crippen LogP contribution in [0.2, 0.25) is 18.1 Å². The van der Waals surface area contributed by atoms with E-state index in [1.165, 1.54) is 102 Å². The Bertz CT molecular complexity index is 340. The first-order chi connectivity index (χ1) is 12.7. The zero-order valence-electron chi connectivity index (χ0n) is 18.5. The molecule has 26 heavy (non-hydrogen) atoms.